The van der Waals surface area contributed by atoms with Gasteiger partial charge in [-0.25, -0.2) is 9.78 Å². The predicted octanol–water partition coefficient (Wildman–Crippen LogP) is 0.448. The SMILES string of the molecule is O=C(O)c1nc(CC2CNCCO2)n2c1CCCC2. The lowest BCUT2D eigenvalue weighted by molar-refractivity contribution is 0.0274. The number of morpholine rings is 1. The Morgan fingerprint density at radius 2 is 2.42 bits per heavy atom. The molecule has 2 N–H and O–H groups in total. The van der Waals surface area contributed by atoms with E-state index in [9.17, 15) is 9.90 Å². The first kappa shape index (κ1) is 12.6. The summed E-state index contributed by atoms with van der Waals surface area (Å²) >= 11 is 0. The normalized spacial score (nSPS) is 23.1. The first-order valence-electron chi connectivity index (χ1n) is 6.89. The third-order valence-electron chi connectivity index (χ3n) is 3.81. The van der Waals surface area contributed by atoms with E-state index in [1.54, 1.807) is 0 Å². The summed E-state index contributed by atoms with van der Waals surface area (Å²) in [6.07, 6.45) is 3.75. The predicted molar refractivity (Wildman–Crippen MR) is 68.4 cm³/mol. The summed E-state index contributed by atoms with van der Waals surface area (Å²) < 4.78 is 7.77. The van der Waals surface area contributed by atoms with E-state index < -0.39 is 5.97 Å². The first-order valence-corrected chi connectivity index (χ1v) is 6.89. The van der Waals surface area contributed by atoms with Crippen LogP contribution in [0.2, 0.25) is 0 Å². The number of nitrogens with zero attached hydrogens (tertiary/aromatic N) is 2. The number of rotatable bonds is 3. The highest BCUT2D eigenvalue weighted by Crippen LogP contribution is 2.22. The van der Waals surface area contributed by atoms with Crippen molar-refractivity contribution >= 4 is 5.97 Å². The Balaban J connectivity index is 1.85. The van der Waals surface area contributed by atoms with Crippen LogP contribution in [0.4, 0.5) is 0 Å². The van der Waals surface area contributed by atoms with Crippen molar-refractivity contribution in [3.63, 3.8) is 0 Å². The summed E-state index contributed by atoms with van der Waals surface area (Å²) in [6.45, 7) is 3.29. The number of carboxylic acids is 1. The highest BCUT2D eigenvalue weighted by Gasteiger charge is 2.26. The Hall–Kier alpha value is -1.40. The standard InChI is InChI=1S/C13H19N3O3/c17-13(18)12-10-3-1-2-5-16(10)11(15-12)7-9-8-14-4-6-19-9/h9,14H,1-8H2,(H,17,18). The van der Waals surface area contributed by atoms with Crippen LogP contribution in [0.25, 0.3) is 0 Å². The van der Waals surface area contributed by atoms with Crippen molar-refractivity contribution < 1.29 is 14.6 Å². The monoisotopic (exact) mass is 265 g/mol. The molecule has 0 aromatic carbocycles. The fourth-order valence-corrected chi connectivity index (χ4v) is 2.90. The molecule has 2 aliphatic rings. The number of nitrogens with one attached hydrogen (secondary N) is 1. The smallest absolute Gasteiger partial charge is 0.356 e. The maximum absolute atomic E-state index is 11.3. The van der Waals surface area contributed by atoms with Crippen molar-refractivity contribution in [2.75, 3.05) is 19.7 Å². The average molecular weight is 265 g/mol. The van der Waals surface area contributed by atoms with Gasteiger partial charge in [0.05, 0.1) is 18.4 Å². The van der Waals surface area contributed by atoms with E-state index in [4.69, 9.17) is 4.74 Å². The molecule has 1 aromatic heterocycles. The van der Waals surface area contributed by atoms with Crippen LogP contribution < -0.4 is 5.32 Å². The number of hydrogen-bond donors (Lipinski definition) is 2. The van der Waals surface area contributed by atoms with Gasteiger partial charge in [0.15, 0.2) is 5.69 Å². The molecule has 2 aliphatic heterocycles. The summed E-state index contributed by atoms with van der Waals surface area (Å²) in [5.74, 6) is -0.0552. The van der Waals surface area contributed by atoms with E-state index in [0.717, 1.165) is 50.4 Å². The Kier molecular flexibility index (Phi) is 3.52. The van der Waals surface area contributed by atoms with Crippen LogP contribution in [0, 0.1) is 0 Å². The zero-order valence-corrected chi connectivity index (χ0v) is 10.9. The number of carbonyl (C=O) groups is 1. The van der Waals surface area contributed by atoms with E-state index >= 15 is 0 Å². The van der Waals surface area contributed by atoms with Gasteiger partial charge in [0.2, 0.25) is 0 Å². The van der Waals surface area contributed by atoms with Crippen molar-refractivity contribution in [2.24, 2.45) is 0 Å². The van der Waals surface area contributed by atoms with E-state index in [2.05, 4.69) is 14.9 Å². The zero-order chi connectivity index (χ0) is 13.2. The Morgan fingerprint density at radius 1 is 1.53 bits per heavy atom. The molecule has 0 amide bonds. The molecule has 1 unspecified atom stereocenters. The van der Waals surface area contributed by atoms with E-state index in [1.807, 2.05) is 0 Å². The fraction of sp³-hybridized carbons (Fsp3) is 0.692. The molecule has 3 rings (SSSR count). The van der Waals surface area contributed by atoms with Gasteiger partial charge in [-0.1, -0.05) is 0 Å². The number of ether oxygens (including phenoxy) is 1. The zero-order valence-electron chi connectivity index (χ0n) is 10.9. The van der Waals surface area contributed by atoms with Gasteiger partial charge in [-0.15, -0.1) is 0 Å². The van der Waals surface area contributed by atoms with Crippen LogP contribution >= 0.6 is 0 Å². The van der Waals surface area contributed by atoms with Gasteiger partial charge in [-0.2, -0.15) is 0 Å². The summed E-state index contributed by atoms with van der Waals surface area (Å²) in [4.78, 5) is 15.6. The lowest BCUT2D eigenvalue weighted by atomic mass is 10.1. The number of carboxylic acid groups (broad SMARTS) is 1. The van der Waals surface area contributed by atoms with Gasteiger partial charge in [0.25, 0.3) is 0 Å². The Labute approximate surface area is 111 Å². The molecule has 6 nitrogen and oxygen atoms in total. The van der Waals surface area contributed by atoms with E-state index in [0.29, 0.717) is 13.0 Å². The van der Waals surface area contributed by atoms with E-state index in [1.165, 1.54) is 0 Å². The van der Waals surface area contributed by atoms with Crippen LogP contribution in [0.5, 0.6) is 0 Å². The van der Waals surface area contributed by atoms with Crippen molar-refractivity contribution in [2.45, 2.75) is 38.3 Å². The molecule has 1 aromatic rings. The lowest BCUT2D eigenvalue weighted by Crippen LogP contribution is -2.40. The average Bonchev–Trinajstić information content (AvgIpc) is 2.79. The van der Waals surface area contributed by atoms with Gasteiger partial charge in [-0.3, -0.25) is 0 Å². The fourth-order valence-electron chi connectivity index (χ4n) is 2.90. The first-order chi connectivity index (χ1) is 9.25. The minimum atomic E-state index is -0.917. The van der Waals surface area contributed by atoms with Crippen molar-refractivity contribution in [1.29, 1.82) is 0 Å². The maximum atomic E-state index is 11.3. The summed E-state index contributed by atoms with van der Waals surface area (Å²) in [5, 5.41) is 12.5. The summed E-state index contributed by atoms with van der Waals surface area (Å²) in [7, 11) is 0. The van der Waals surface area contributed by atoms with Crippen molar-refractivity contribution in [1.82, 2.24) is 14.9 Å². The molecule has 0 saturated carbocycles. The maximum Gasteiger partial charge on any atom is 0.356 e. The van der Waals surface area contributed by atoms with Crippen molar-refractivity contribution in [3.8, 4) is 0 Å². The van der Waals surface area contributed by atoms with E-state index in [-0.39, 0.29) is 11.8 Å². The second-order valence-electron chi connectivity index (χ2n) is 5.14. The van der Waals surface area contributed by atoms with Crippen LogP contribution in [-0.4, -0.2) is 46.4 Å². The Bertz CT molecular complexity index is 478. The van der Waals surface area contributed by atoms with Gasteiger partial charge >= 0.3 is 5.97 Å². The molecular formula is C13H19N3O3. The molecule has 0 radical (unpaired) electrons. The van der Waals surface area contributed by atoms with Crippen molar-refractivity contribution in [3.05, 3.63) is 17.2 Å². The second kappa shape index (κ2) is 5.30. The molecule has 6 heteroatoms. The molecule has 19 heavy (non-hydrogen) atoms. The van der Waals surface area contributed by atoms with Crippen LogP contribution in [-0.2, 0) is 24.1 Å². The molecule has 104 valence electrons. The second-order valence-corrected chi connectivity index (χ2v) is 5.14. The van der Waals surface area contributed by atoms with Gasteiger partial charge in [0, 0.05) is 26.1 Å². The molecule has 0 spiro atoms. The third kappa shape index (κ3) is 2.50. The number of aromatic nitrogens is 2. The van der Waals surface area contributed by atoms with Crippen LogP contribution in [0.3, 0.4) is 0 Å². The van der Waals surface area contributed by atoms with Crippen LogP contribution in [0.1, 0.15) is 34.8 Å². The summed E-state index contributed by atoms with van der Waals surface area (Å²) in [6, 6.07) is 0. The number of imidazole rings is 1. The highest BCUT2D eigenvalue weighted by atomic mass is 16.5. The summed E-state index contributed by atoms with van der Waals surface area (Å²) in [5.41, 5.74) is 1.12. The van der Waals surface area contributed by atoms with Crippen LogP contribution in [0.15, 0.2) is 0 Å². The molecule has 1 saturated heterocycles. The molecule has 0 aliphatic carbocycles. The van der Waals surface area contributed by atoms with Gasteiger partial charge in [0.1, 0.15) is 5.82 Å². The number of hydrogen-bond acceptors (Lipinski definition) is 4. The molecule has 3 heterocycles. The van der Waals surface area contributed by atoms with Gasteiger partial charge < -0.3 is 19.7 Å². The number of aromatic carboxylic acids is 1. The quantitative estimate of drug-likeness (QED) is 0.829. The third-order valence-corrected chi connectivity index (χ3v) is 3.81. The molecular weight excluding hydrogens is 246 g/mol. The molecule has 1 atom stereocenters. The minimum Gasteiger partial charge on any atom is -0.476 e. The molecule has 1 fully saturated rings. The lowest BCUT2D eigenvalue weighted by Gasteiger charge is -2.24. The van der Waals surface area contributed by atoms with Gasteiger partial charge in [-0.05, 0) is 19.3 Å². The largest absolute Gasteiger partial charge is 0.476 e. The molecule has 0 bridgehead atoms. The number of fused-ring (bicyclic) bond motifs is 1. The topological polar surface area (TPSA) is 76.4 Å². The minimum absolute atomic E-state index is 0.101. The highest BCUT2D eigenvalue weighted by molar-refractivity contribution is 5.86. The Morgan fingerprint density at radius 3 is 3.16 bits per heavy atom.